The summed E-state index contributed by atoms with van der Waals surface area (Å²) in [7, 11) is 0. The molecule has 0 spiro atoms. The number of hydrogen-bond acceptors (Lipinski definition) is 2. The van der Waals surface area contributed by atoms with Crippen LogP contribution < -0.4 is 0 Å². The molecule has 0 fully saturated rings. The molecule has 0 aliphatic carbocycles. The molecule has 2 aromatic rings. The molecule has 0 aromatic heterocycles. The van der Waals surface area contributed by atoms with E-state index in [1.807, 2.05) is 13.8 Å². The summed E-state index contributed by atoms with van der Waals surface area (Å²) >= 11 is 0. The highest BCUT2D eigenvalue weighted by Crippen LogP contribution is 2.25. The second-order valence-electron chi connectivity index (χ2n) is 7.70. The van der Waals surface area contributed by atoms with Crippen LogP contribution in [0.4, 0.5) is 0 Å². The molecule has 2 rings (SSSR count). The monoisotopic (exact) mass is 379 g/mol. The Morgan fingerprint density at radius 2 is 1.71 bits per heavy atom. The summed E-state index contributed by atoms with van der Waals surface area (Å²) in [5.74, 6) is 0.159. The lowest BCUT2D eigenvalue weighted by atomic mass is 9.97. The number of hydrogen-bond donors (Lipinski definition) is 0. The van der Waals surface area contributed by atoms with Crippen molar-refractivity contribution in [3.8, 4) is 11.1 Å². The van der Waals surface area contributed by atoms with E-state index in [0.717, 1.165) is 31.1 Å². The fraction of sp³-hybridized carbons (Fsp3) is 0.440. The smallest absolute Gasteiger partial charge is 0.223 e. The summed E-state index contributed by atoms with van der Waals surface area (Å²) in [6.07, 6.45) is 4.23. The van der Waals surface area contributed by atoms with Crippen molar-refractivity contribution in [1.29, 1.82) is 0 Å². The standard InChI is InChI=1S/C25H33NO2/c1-5-7-12-25(28)26(24(18-27)19(3)4)17-20-13-15-22(16-14-20)23-11-9-8-10-21(23)6-2/h8-11,13-16,18-19,24H,5-7,12,17H2,1-4H3. The van der Waals surface area contributed by atoms with Crippen LogP contribution in [-0.4, -0.2) is 23.1 Å². The van der Waals surface area contributed by atoms with Gasteiger partial charge in [-0.1, -0.05) is 82.6 Å². The van der Waals surface area contributed by atoms with Gasteiger partial charge in [0.25, 0.3) is 0 Å². The molecule has 0 saturated heterocycles. The van der Waals surface area contributed by atoms with Crippen molar-refractivity contribution in [2.24, 2.45) is 5.92 Å². The van der Waals surface area contributed by atoms with Crippen molar-refractivity contribution < 1.29 is 9.59 Å². The molecule has 0 heterocycles. The first-order valence-corrected chi connectivity index (χ1v) is 10.4. The van der Waals surface area contributed by atoms with Gasteiger partial charge in [-0.05, 0) is 41.0 Å². The molecule has 0 radical (unpaired) electrons. The molecular formula is C25H33NO2. The van der Waals surface area contributed by atoms with Crippen LogP contribution in [0.25, 0.3) is 11.1 Å². The highest BCUT2D eigenvalue weighted by atomic mass is 16.2. The summed E-state index contributed by atoms with van der Waals surface area (Å²) < 4.78 is 0. The molecule has 0 aliphatic rings. The van der Waals surface area contributed by atoms with Crippen LogP contribution in [0.1, 0.15) is 58.1 Å². The third-order valence-corrected chi connectivity index (χ3v) is 5.26. The molecule has 0 saturated carbocycles. The number of amides is 1. The number of carbonyl (C=O) groups is 2. The summed E-state index contributed by atoms with van der Waals surface area (Å²) in [4.78, 5) is 26.2. The van der Waals surface area contributed by atoms with Crippen LogP contribution in [0.15, 0.2) is 48.5 Å². The van der Waals surface area contributed by atoms with Gasteiger partial charge >= 0.3 is 0 Å². The average molecular weight is 380 g/mol. The van der Waals surface area contributed by atoms with Gasteiger partial charge in [0.2, 0.25) is 5.91 Å². The van der Waals surface area contributed by atoms with Gasteiger partial charge in [0.1, 0.15) is 6.29 Å². The maximum atomic E-state index is 12.8. The zero-order valence-corrected chi connectivity index (χ0v) is 17.7. The van der Waals surface area contributed by atoms with Gasteiger partial charge in [0.15, 0.2) is 0 Å². The van der Waals surface area contributed by atoms with E-state index in [4.69, 9.17) is 0 Å². The quantitative estimate of drug-likeness (QED) is 0.500. The molecule has 0 N–H and O–H groups in total. The lowest BCUT2D eigenvalue weighted by Crippen LogP contribution is -2.43. The fourth-order valence-corrected chi connectivity index (χ4v) is 3.52. The minimum absolute atomic E-state index is 0.0630. The minimum atomic E-state index is -0.384. The molecule has 3 heteroatoms. The van der Waals surface area contributed by atoms with Crippen LogP contribution >= 0.6 is 0 Å². The third kappa shape index (κ3) is 5.54. The minimum Gasteiger partial charge on any atom is -0.328 e. The van der Waals surface area contributed by atoms with E-state index in [-0.39, 0.29) is 17.9 Å². The van der Waals surface area contributed by atoms with E-state index in [0.29, 0.717) is 13.0 Å². The molecule has 1 atom stereocenters. The van der Waals surface area contributed by atoms with E-state index < -0.39 is 0 Å². The number of aryl methyl sites for hydroxylation is 1. The molecule has 2 aromatic carbocycles. The number of unbranched alkanes of at least 4 members (excludes halogenated alkanes) is 1. The molecule has 150 valence electrons. The van der Waals surface area contributed by atoms with Crippen molar-refractivity contribution in [3.05, 3.63) is 59.7 Å². The van der Waals surface area contributed by atoms with Gasteiger partial charge in [-0.15, -0.1) is 0 Å². The van der Waals surface area contributed by atoms with Gasteiger partial charge in [-0.2, -0.15) is 0 Å². The second kappa shape index (κ2) is 10.8. The Morgan fingerprint density at radius 1 is 1.04 bits per heavy atom. The van der Waals surface area contributed by atoms with Crippen LogP contribution in [0.5, 0.6) is 0 Å². The molecule has 1 amide bonds. The predicted octanol–water partition coefficient (Wildman–Crippen LogP) is 5.66. The van der Waals surface area contributed by atoms with Crippen molar-refractivity contribution in [1.82, 2.24) is 4.90 Å². The SMILES string of the molecule is CCCCC(=O)N(Cc1ccc(-c2ccccc2CC)cc1)C(C=O)C(C)C. The summed E-state index contributed by atoms with van der Waals surface area (Å²) in [6, 6.07) is 16.4. The van der Waals surface area contributed by atoms with Crippen LogP contribution in [0.2, 0.25) is 0 Å². The molecular weight excluding hydrogens is 346 g/mol. The second-order valence-corrected chi connectivity index (χ2v) is 7.70. The van der Waals surface area contributed by atoms with Gasteiger partial charge < -0.3 is 9.69 Å². The lowest BCUT2D eigenvalue weighted by molar-refractivity contribution is -0.138. The van der Waals surface area contributed by atoms with Gasteiger partial charge in [0.05, 0.1) is 6.04 Å². The van der Waals surface area contributed by atoms with Crippen molar-refractivity contribution in [2.45, 2.75) is 66.0 Å². The van der Waals surface area contributed by atoms with E-state index in [1.165, 1.54) is 16.7 Å². The van der Waals surface area contributed by atoms with Gasteiger partial charge in [-0.25, -0.2) is 0 Å². The number of rotatable bonds is 10. The van der Waals surface area contributed by atoms with Crippen LogP contribution in [0.3, 0.4) is 0 Å². The fourth-order valence-electron chi connectivity index (χ4n) is 3.52. The first kappa shape index (κ1) is 21.9. The largest absolute Gasteiger partial charge is 0.328 e. The van der Waals surface area contributed by atoms with E-state index >= 15 is 0 Å². The zero-order valence-electron chi connectivity index (χ0n) is 17.7. The van der Waals surface area contributed by atoms with Gasteiger partial charge in [0, 0.05) is 13.0 Å². The van der Waals surface area contributed by atoms with E-state index in [1.54, 1.807) is 4.90 Å². The average Bonchev–Trinajstić information content (AvgIpc) is 2.72. The lowest BCUT2D eigenvalue weighted by Gasteiger charge is -2.31. The van der Waals surface area contributed by atoms with Crippen LogP contribution in [-0.2, 0) is 22.6 Å². The zero-order chi connectivity index (χ0) is 20.5. The summed E-state index contributed by atoms with van der Waals surface area (Å²) in [5.41, 5.74) is 4.81. The first-order chi connectivity index (χ1) is 13.5. The Labute approximate surface area is 169 Å². The Bertz CT molecular complexity index is 764. The molecule has 0 aliphatic heterocycles. The molecule has 1 unspecified atom stereocenters. The Hall–Kier alpha value is -2.42. The first-order valence-electron chi connectivity index (χ1n) is 10.4. The maximum Gasteiger partial charge on any atom is 0.223 e. The summed E-state index contributed by atoms with van der Waals surface area (Å²) in [5, 5.41) is 0. The van der Waals surface area contributed by atoms with Crippen molar-refractivity contribution in [2.75, 3.05) is 0 Å². The maximum absolute atomic E-state index is 12.8. The molecule has 28 heavy (non-hydrogen) atoms. The third-order valence-electron chi connectivity index (χ3n) is 5.26. The number of aldehydes is 1. The Kier molecular flexibility index (Phi) is 8.43. The topological polar surface area (TPSA) is 37.4 Å². The Morgan fingerprint density at radius 3 is 2.29 bits per heavy atom. The molecule has 3 nitrogen and oxygen atoms in total. The van der Waals surface area contributed by atoms with Gasteiger partial charge in [-0.3, -0.25) is 4.79 Å². The van der Waals surface area contributed by atoms with Crippen LogP contribution in [0, 0.1) is 5.92 Å². The summed E-state index contributed by atoms with van der Waals surface area (Å²) in [6.45, 7) is 8.69. The highest BCUT2D eigenvalue weighted by Gasteiger charge is 2.25. The van der Waals surface area contributed by atoms with Crippen molar-refractivity contribution >= 4 is 12.2 Å². The van der Waals surface area contributed by atoms with E-state index in [2.05, 4.69) is 62.4 Å². The number of benzene rings is 2. The predicted molar refractivity (Wildman–Crippen MR) is 116 cm³/mol. The Balaban J connectivity index is 2.24. The number of carbonyl (C=O) groups excluding carboxylic acids is 2. The van der Waals surface area contributed by atoms with Crippen molar-refractivity contribution in [3.63, 3.8) is 0 Å². The normalized spacial score (nSPS) is 12.0. The highest BCUT2D eigenvalue weighted by molar-refractivity contribution is 5.80. The molecule has 0 bridgehead atoms. The van der Waals surface area contributed by atoms with E-state index in [9.17, 15) is 9.59 Å². The number of nitrogens with zero attached hydrogens (tertiary/aromatic N) is 1.